The number of amides is 2. The first kappa shape index (κ1) is 16.8. The second-order valence-electron chi connectivity index (χ2n) is 4.16. The van der Waals surface area contributed by atoms with Crippen molar-refractivity contribution in [1.29, 1.82) is 0 Å². The number of halogens is 1. The molecule has 2 amide bonds. The van der Waals surface area contributed by atoms with Crippen molar-refractivity contribution in [1.82, 2.24) is 5.32 Å². The molecule has 5 nitrogen and oxygen atoms in total. The summed E-state index contributed by atoms with van der Waals surface area (Å²) < 4.78 is 0.633. The maximum absolute atomic E-state index is 11.8. The van der Waals surface area contributed by atoms with Gasteiger partial charge < -0.3 is 15.7 Å². The van der Waals surface area contributed by atoms with Gasteiger partial charge in [0.15, 0.2) is 0 Å². The van der Waals surface area contributed by atoms with Crippen molar-refractivity contribution in [2.45, 2.75) is 19.9 Å². The number of nitrogens with one attached hydrogen (secondary N) is 2. The summed E-state index contributed by atoms with van der Waals surface area (Å²) in [6, 6.07) is 4.17. The fourth-order valence-electron chi connectivity index (χ4n) is 1.47. The number of benzene rings is 1. The number of hydrogen-bond acceptors (Lipinski definition) is 3. The molecular weight excluding hydrogens is 344 g/mol. The van der Waals surface area contributed by atoms with Crippen LogP contribution in [0.25, 0.3) is 0 Å². The molecule has 0 aliphatic heterocycles. The van der Waals surface area contributed by atoms with Crippen molar-refractivity contribution in [2.75, 3.05) is 16.8 Å². The molecule has 1 aromatic carbocycles. The molecule has 0 aliphatic carbocycles. The zero-order valence-corrected chi connectivity index (χ0v) is 13.7. The lowest BCUT2D eigenvalue weighted by molar-refractivity contribution is 0.0697. The number of aromatic carboxylic acids is 1. The minimum Gasteiger partial charge on any atom is -0.478 e. The highest BCUT2D eigenvalue weighted by Gasteiger charge is 2.11. The van der Waals surface area contributed by atoms with Gasteiger partial charge in [-0.2, -0.15) is 11.8 Å². The van der Waals surface area contributed by atoms with Crippen molar-refractivity contribution >= 4 is 45.4 Å². The molecule has 0 saturated heterocycles. The Morgan fingerprint density at radius 1 is 1.45 bits per heavy atom. The zero-order chi connectivity index (χ0) is 15.1. The van der Waals surface area contributed by atoms with Crippen molar-refractivity contribution < 1.29 is 14.7 Å². The molecule has 0 spiro atoms. The number of rotatable bonds is 6. The Kier molecular flexibility index (Phi) is 6.87. The Hall–Kier alpha value is -1.21. The van der Waals surface area contributed by atoms with E-state index in [1.54, 1.807) is 17.8 Å². The van der Waals surface area contributed by atoms with Crippen LogP contribution in [-0.2, 0) is 0 Å². The standard InChI is InChI=1S/C13H17BrN2O3S/c1-3-20-7-8(2)15-13(19)16-11-6-9(12(17)18)4-5-10(11)14/h4-6,8H,3,7H2,1-2H3,(H,17,18)(H2,15,16,19). The topological polar surface area (TPSA) is 78.4 Å². The quantitative estimate of drug-likeness (QED) is 0.726. The van der Waals surface area contributed by atoms with Gasteiger partial charge in [-0.3, -0.25) is 0 Å². The van der Waals surface area contributed by atoms with Crippen LogP contribution in [0, 0.1) is 0 Å². The monoisotopic (exact) mass is 360 g/mol. The average Bonchev–Trinajstić information content (AvgIpc) is 2.38. The third kappa shape index (κ3) is 5.42. The first-order chi connectivity index (χ1) is 9.43. The summed E-state index contributed by atoms with van der Waals surface area (Å²) in [7, 11) is 0. The lowest BCUT2D eigenvalue weighted by Gasteiger charge is -2.15. The average molecular weight is 361 g/mol. The van der Waals surface area contributed by atoms with Gasteiger partial charge in [-0.05, 0) is 46.8 Å². The fourth-order valence-corrected chi connectivity index (χ4v) is 2.49. The number of carbonyl (C=O) groups is 2. The van der Waals surface area contributed by atoms with Crippen LogP contribution >= 0.6 is 27.7 Å². The number of carboxylic acids is 1. The van der Waals surface area contributed by atoms with E-state index in [1.165, 1.54) is 12.1 Å². The maximum Gasteiger partial charge on any atom is 0.335 e. The fraction of sp³-hybridized carbons (Fsp3) is 0.385. The van der Waals surface area contributed by atoms with E-state index in [1.807, 2.05) is 6.92 Å². The molecular formula is C13H17BrN2O3S. The van der Waals surface area contributed by atoms with E-state index in [2.05, 4.69) is 33.5 Å². The minimum atomic E-state index is -1.03. The molecule has 0 aromatic heterocycles. The summed E-state index contributed by atoms with van der Waals surface area (Å²) in [6.45, 7) is 3.98. The Morgan fingerprint density at radius 3 is 2.75 bits per heavy atom. The van der Waals surface area contributed by atoms with Crippen molar-refractivity contribution in [2.24, 2.45) is 0 Å². The molecule has 0 aliphatic rings. The van der Waals surface area contributed by atoms with Crippen molar-refractivity contribution in [3.05, 3.63) is 28.2 Å². The summed E-state index contributed by atoms with van der Waals surface area (Å²) >= 11 is 5.02. The van der Waals surface area contributed by atoms with Gasteiger partial charge in [0.05, 0.1) is 11.3 Å². The van der Waals surface area contributed by atoms with E-state index in [9.17, 15) is 9.59 Å². The van der Waals surface area contributed by atoms with E-state index in [4.69, 9.17) is 5.11 Å². The highest BCUT2D eigenvalue weighted by atomic mass is 79.9. The molecule has 3 N–H and O–H groups in total. The summed E-state index contributed by atoms with van der Waals surface area (Å²) in [6.07, 6.45) is 0. The Labute approximate surface area is 130 Å². The van der Waals surface area contributed by atoms with Gasteiger partial charge in [-0.15, -0.1) is 0 Å². The molecule has 1 unspecified atom stereocenters. The second kappa shape index (κ2) is 8.16. The van der Waals surface area contributed by atoms with Crippen LogP contribution in [0.4, 0.5) is 10.5 Å². The number of carboxylic acid groups (broad SMARTS) is 1. The van der Waals surface area contributed by atoms with Crippen molar-refractivity contribution in [3.8, 4) is 0 Å². The maximum atomic E-state index is 11.8. The SMILES string of the molecule is CCSCC(C)NC(=O)Nc1cc(C(=O)O)ccc1Br. The van der Waals surface area contributed by atoms with Gasteiger partial charge in [0.25, 0.3) is 0 Å². The highest BCUT2D eigenvalue weighted by Crippen LogP contribution is 2.23. The Balaban J connectivity index is 2.65. The summed E-state index contributed by atoms with van der Waals surface area (Å²) in [4.78, 5) is 22.7. The molecule has 0 bridgehead atoms. The van der Waals surface area contributed by atoms with E-state index in [-0.39, 0.29) is 17.6 Å². The lowest BCUT2D eigenvalue weighted by Crippen LogP contribution is -2.37. The smallest absolute Gasteiger partial charge is 0.335 e. The minimum absolute atomic E-state index is 0.0429. The molecule has 7 heteroatoms. The molecule has 0 heterocycles. The van der Waals surface area contributed by atoms with Crippen LogP contribution in [0.2, 0.25) is 0 Å². The largest absolute Gasteiger partial charge is 0.478 e. The van der Waals surface area contributed by atoms with Gasteiger partial charge in [-0.25, -0.2) is 9.59 Å². The first-order valence-electron chi connectivity index (χ1n) is 6.12. The van der Waals surface area contributed by atoms with E-state index in [0.29, 0.717) is 10.2 Å². The lowest BCUT2D eigenvalue weighted by atomic mass is 10.2. The molecule has 20 heavy (non-hydrogen) atoms. The molecule has 1 atom stereocenters. The molecule has 1 aromatic rings. The van der Waals surface area contributed by atoms with E-state index >= 15 is 0 Å². The molecule has 110 valence electrons. The van der Waals surface area contributed by atoms with E-state index < -0.39 is 5.97 Å². The predicted molar refractivity (Wildman–Crippen MR) is 85.7 cm³/mol. The third-order valence-corrected chi connectivity index (χ3v) is 4.25. The van der Waals surface area contributed by atoms with Crippen LogP contribution in [-0.4, -0.2) is 34.7 Å². The number of thioether (sulfide) groups is 1. The Bertz CT molecular complexity index is 497. The van der Waals surface area contributed by atoms with Crippen LogP contribution in [0.15, 0.2) is 22.7 Å². The van der Waals surface area contributed by atoms with Crippen LogP contribution < -0.4 is 10.6 Å². The number of hydrogen-bond donors (Lipinski definition) is 3. The summed E-state index contributed by atoms with van der Waals surface area (Å²) in [5, 5.41) is 14.4. The molecule has 0 saturated carbocycles. The molecule has 1 rings (SSSR count). The molecule has 0 radical (unpaired) electrons. The zero-order valence-electron chi connectivity index (χ0n) is 11.3. The second-order valence-corrected chi connectivity index (χ2v) is 6.33. The third-order valence-electron chi connectivity index (χ3n) is 2.41. The van der Waals surface area contributed by atoms with Crippen LogP contribution in [0.3, 0.4) is 0 Å². The van der Waals surface area contributed by atoms with Crippen LogP contribution in [0.5, 0.6) is 0 Å². The summed E-state index contributed by atoms with van der Waals surface area (Å²) in [5.41, 5.74) is 0.552. The van der Waals surface area contributed by atoms with Gasteiger partial charge in [0, 0.05) is 16.3 Å². The number of anilines is 1. The first-order valence-corrected chi connectivity index (χ1v) is 8.07. The van der Waals surface area contributed by atoms with Gasteiger partial charge >= 0.3 is 12.0 Å². The van der Waals surface area contributed by atoms with E-state index in [0.717, 1.165) is 11.5 Å². The number of urea groups is 1. The van der Waals surface area contributed by atoms with Crippen LogP contribution in [0.1, 0.15) is 24.2 Å². The molecule has 0 fully saturated rings. The normalized spacial score (nSPS) is 11.8. The Morgan fingerprint density at radius 2 is 2.15 bits per heavy atom. The van der Waals surface area contributed by atoms with Gasteiger partial charge in [-0.1, -0.05) is 6.92 Å². The van der Waals surface area contributed by atoms with Gasteiger partial charge in [0.2, 0.25) is 0 Å². The van der Waals surface area contributed by atoms with Crippen molar-refractivity contribution in [3.63, 3.8) is 0 Å². The highest BCUT2D eigenvalue weighted by molar-refractivity contribution is 9.10. The van der Waals surface area contributed by atoms with Gasteiger partial charge in [0.1, 0.15) is 0 Å². The summed E-state index contributed by atoms with van der Waals surface area (Å²) in [5.74, 6) is 0.800. The predicted octanol–water partition coefficient (Wildman–Crippen LogP) is 3.41. The number of carbonyl (C=O) groups excluding carboxylic acids is 1.